The van der Waals surface area contributed by atoms with Crippen LogP contribution >= 0.6 is 0 Å². The topological polar surface area (TPSA) is 85.4 Å². The molecular weight excluding hydrogens is 232 g/mol. The lowest BCUT2D eigenvalue weighted by Crippen LogP contribution is -2.32. The van der Waals surface area contributed by atoms with Crippen molar-refractivity contribution in [2.45, 2.75) is 12.5 Å². The van der Waals surface area contributed by atoms with Crippen LogP contribution in [0.15, 0.2) is 30.5 Å². The van der Waals surface area contributed by atoms with Gasteiger partial charge in [0.15, 0.2) is 0 Å². The largest absolute Gasteiger partial charge is 0.494 e. The van der Waals surface area contributed by atoms with E-state index in [0.29, 0.717) is 5.75 Å². The van der Waals surface area contributed by atoms with Crippen LogP contribution in [0.3, 0.4) is 0 Å². The number of benzene rings is 1. The first-order valence-corrected chi connectivity index (χ1v) is 5.52. The second kappa shape index (κ2) is 5.01. The van der Waals surface area contributed by atoms with E-state index >= 15 is 0 Å². The fourth-order valence-corrected chi connectivity index (χ4v) is 1.87. The van der Waals surface area contributed by atoms with Gasteiger partial charge in [-0.1, -0.05) is 12.1 Å². The monoisotopic (exact) mass is 246 g/mol. The van der Waals surface area contributed by atoms with Crippen LogP contribution in [0.4, 0.5) is 0 Å². The third kappa shape index (κ3) is 2.26. The van der Waals surface area contributed by atoms with E-state index in [0.717, 1.165) is 16.5 Å². The maximum absolute atomic E-state index is 10.8. The number of nitrogens with zero attached hydrogens (tertiary/aromatic N) is 1. The number of aromatic nitrogens is 1. The van der Waals surface area contributed by atoms with E-state index in [-0.39, 0.29) is 6.42 Å². The maximum Gasteiger partial charge on any atom is 0.320 e. The number of hydrogen-bond donors (Lipinski definition) is 2. The second-order valence-corrected chi connectivity index (χ2v) is 3.98. The summed E-state index contributed by atoms with van der Waals surface area (Å²) in [6, 6.07) is 6.41. The molecule has 94 valence electrons. The third-order valence-corrected chi connectivity index (χ3v) is 2.80. The van der Waals surface area contributed by atoms with Crippen LogP contribution in [-0.4, -0.2) is 29.2 Å². The minimum atomic E-state index is -1.01. The Morgan fingerprint density at radius 3 is 2.94 bits per heavy atom. The number of carboxylic acids is 1. The van der Waals surface area contributed by atoms with Gasteiger partial charge in [0.25, 0.3) is 0 Å². The molecule has 0 aliphatic carbocycles. The van der Waals surface area contributed by atoms with Gasteiger partial charge in [-0.2, -0.15) is 0 Å². The van der Waals surface area contributed by atoms with E-state index in [1.807, 2.05) is 18.2 Å². The van der Waals surface area contributed by atoms with E-state index in [4.69, 9.17) is 15.6 Å². The molecule has 1 aromatic heterocycles. The van der Waals surface area contributed by atoms with Gasteiger partial charge in [-0.3, -0.25) is 9.78 Å². The zero-order chi connectivity index (χ0) is 13.1. The van der Waals surface area contributed by atoms with Crippen molar-refractivity contribution in [2.24, 2.45) is 5.73 Å². The van der Waals surface area contributed by atoms with Crippen LogP contribution in [0.1, 0.15) is 5.56 Å². The second-order valence-electron chi connectivity index (χ2n) is 3.98. The van der Waals surface area contributed by atoms with E-state index in [1.165, 1.54) is 0 Å². The Hall–Kier alpha value is -2.14. The minimum absolute atomic E-state index is 0.265. The number of nitrogens with two attached hydrogens (primary N) is 1. The van der Waals surface area contributed by atoms with Crippen molar-refractivity contribution in [1.29, 1.82) is 0 Å². The molecule has 0 bridgehead atoms. The van der Waals surface area contributed by atoms with Crippen molar-refractivity contribution < 1.29 is 14.6 Å². The summed E-state index contributed by atoms with van der Waals surface area (Å²) in [7, 11) is 1.58. The summed E-state index contributed by atoms with van der Waals surface area (Å²) in [5.41, 5.74) is 7.13. The average Bonchev–Trinajstić information content (AvgIpc) is 2.38. The van der Waals surface area contributed by atoms with Crippen LogP contribution in [-0.2, 0) is 11.2 Å². The van der Waals surface area contributed by atoms with Crippen LogP contribution in [0.5, 0.6) is 5.75 Å². The Labute approximate surface area is 104 Å². The molecule has 0 saturated heterocycles. The highest BCUT2D eigenvalue weighted by atomic mass is 16.5. The quantitative estimate of drug-likeness (QED) is 0.846. The number of aliphatic carboxylic acids is 1. The van der Waals surface area contributed by atoms with Crippen LogP contribution in [0, 0.1) is 0 Å². The number of carbonyl (C=O) groups is 1. The Morgan fingerprint density at radius 1 is 1.50 bits per heavy atom. The Kier molecular flexibility index (Phi) is 3.43. The number of para-hydroxylation sites is 1. The molecule has 1 aromatic carbocycles. The zero-order valence-corrected chi connectivity index (χ0v) is 9.96. The first-order chi connectivity index (χ1) is 8.63. The molecule has 0 aliphatic heterocycles. The van der Waals surface area contributed by atoms with Crippen molar-refractivity contribution >= 4 is 16.9 Å². The van der Waals surface area contributed by atoms with E-state index in [1.54, 1.807) is 19.4 Å². The molecule has 1 unspecified atom stereocenters. The molecule has 2 rings (SSSR count). The Balaban J connectivity index is 2.49. The Bertz CT molecular complexity index is 583. The minimum Gasteiger partial charge on any atom is -0.494 e. The van der Waals surface area contributed by atoms with Gasteiger partial charge in [-0.05, 0) is 24.1 Å². The van der Waals surface area contributed by atoms with E-state index in [2.05, 4.69) is 4.98 Å². The maximum atomic E-state index is 10.8. The van der Waals surface area contributed by atoms with Gasteiger partial charge < -0.3 is 15.6 Å². The molecule has 0 aliphatic rings. The van der Waals surface area contributed by atoms with Crippen molar-refractivity contribution in [3.8, 4) is 5.75 Å². The average molecular weight is 246 g/mol. The number of carboxylic acid groups (broad SMARTS) is 1. The van der Waals surface area contributed by atoms with E-state index in [9.17, 15) is 4.79 Å². The molecule has 1 atom stereocenters. The summed E-state index contributed by atoms with van der Waals surface area (Å²) < 4.78 is 5.22. The summed E-state index contributed by atoms with van der Waals surface area (Å²) in [5.74, 6) is -0.346. The van der Waals surface area contributed by atoms with Crippen molar-refractivity contribution in [3.05, 3.63) is 36.0 Å². The summed E-state index contributed by atoms with van der Waals surface area (Å²) in [6.45, 7) is 0. The van der Waals surface area contributed by atoms with Crippen LogP contribution in [0.2, 0.25) is 0 Å². The molecule has 0 saturated carbocycles. The van der Waals surface area contributed by atoms with Crippen molar-refractivity contribution in [3.63, 3.8) is 0 Å². The highest BCUT2D eigenvalue weighted by Gasteiger charge is 2.14. The summed E-state index contributed by atoms with van der Waals surface area (Å²) >= 11 is 0. The van der Waals surface area contributed by atoms with Gasteiger partial charge in [-0.15, -0.1) is 0 Å². The fraction of sp³-hybridized carbons (Fsp3) is 0.231. The molecule has 3 N–H and O–H groups in total. The summed E-state index contributed by atoms with van der Waals surface area (Å²) in [5, 5.41) is 9.72. The third-order valence-electron chi connectivity index (χ3n) is 2.80. The molecular formula is C13H14N2O3. The number of pyridine rings is 1. The first kappa shape index (κ1) is 12.3. The van der Waals surface area contributed by atoms with Gasteiger partial charge in [0, 0.05) is 11.6 Å². The van der Waals surface area contributed by atoms with Gasteiger partial charge in [0.05, 0.1) is 7.11 Å². The number of fused-ring (bicyclic) bond motifs is 1. The number of rotatable bonds is 4. The highest BCUT2D eigenvalue weighted by molar-refractivity contribution is 5.87. The molecule has 0 amide bonds. The van der Waals surface area contributed by atoms with Gasteiger partial charge >= 0.3 is 5.97 Å². The molecule has 0 fully saturated rings. The normalized spacial score (nSPS) is 12.3. The van der Waals surface area contributed by atoms with Gasteiger partial charge in [0.2, 0.25) is 0 Å². The van der Waals surface area contributed by atoms with Crippen LogP contribution in [0.25, 0.3) is 10.9 Å². The smallest absolute Gasteiger partial charge is 0.320 e. The first-order valence-electron chi connectivity index (χ1n) is 5.52. The molecule has 5 heteroatoms. The fourth-order valence-electron chi connectivity index (χ4n) is 1.87. The standard InChI is InChI=1S/C13H14N2O3/c1-18-11-4-2-3-9-8(5-6-15-12(9)11)7-10(14)13(16)17/h2-6,10H,7,14H2,1H3,(H,16,17). The molecule has 5 nitrogen and oxygen atoms in total. The predicted molar refractivity (Wildman–Crippen MR) is 67.6 cm³/mol. The molecule has 18 heavy (non-hydrogen) atoms. The van der Waals surface area contributed by atoms with Gasteiger partial charge in [-0.25, -0.2) is 0 Å². The zero-order valence-electron chi connectivity index (χ0n) is 9.96. The lowest BCUT2D eigenvalue weighted by atomic mass is 10.0. The van der Waals surface area contributed by atoms with Crippen LogP contribution < -0.4 is 10.5 Å². The number of hydrogen-bond acceptors (Lipinski definition) is 4. The SMILES string of the molecule is COc1cccc2c(CC(N)C(=O)O)ccnc12. The molecule has 2 aromatic rings. The lowest BCUT2D eigenvalue weighted by Gasteiger charge is -2.10. The number of methoxy groups -OCH3 is 1. The molecule has 0 radical (unpaired) electrons. The Morgan fingerprint density at radius 2 is 2.28 bits per heavy atom. The lowest BCUT2D eigenvalue weighted by molar-refractivity contribution is -0.138. The summed E-state index contributed by atoms with van der Waals surface area (Å²) in [4.78, 5) is 15.0. The molecule has 0 spiro atoms. The van der Waals surface area contributed by atoms with Crippen molar-refractivity contribution in [2.75, 3.05) is 7.11 Å². The molecule has 1 heterocycles. The predicted octanol–water partition coefficient (Wildman–Crippen LogP) is 1.20. The van der Waals surface area contributed by atoms with Gasteiger partial charge in [0.1, 0.15) is 17.3 Å². The summed E-state index contributed by atoms with van der Waals surface area (Å²) in [6.07, 6.45) is 1.90. The van der Waals surface area contributed by atoms with E-state index < -0.39 is 12.0 Å². The number of ether oxygens (including phenoxy) is 1. The van der Waals surface area contributed by atoms with Crippen molar-refractivity contribution in [1.82, 2.24) is 4.98 Å². The highest BCUT2D eigenvalue weighted by Crippen LogP contribution is 2.26.